The molecule has 1 aromatic heterocycles. The molecular formula is C23H24Cl3N3O4S. The molecule has 7 nitrogen and oxygen atoms in total. The van der Waals surface area contributed by atoms with Crippen LogP contribution in [0.5, 0.6) is 0 Å². The maximum absolute atomic E-state index is 13.2. The summed E-state index contributed by atoms with van der Waals surface area (Å²) in [5, 5.41) is 0.929. The lowest BCUT2D eigenvalue weighted by atomic mass is 10.2. The number of hydrogen-bond donors (Lipinski definition) is 0. The molecule has 182 valence electrons. The summed E-state index contributed by atoms with van der Waals surface area (Å²) in [5.41, 5.74) is 1.34. The maximum atomic E-state index is 13.2. The van der Waals surface area contributed by atoms with Crippen molar-refractivity contribution in [2.24, 2.45) is 0 Å². The van der Waals surface area contributed by atoms with E-state index in [0.717, 1.165) is 0 Å². The minimum absolute atomic E-state index is 0.104. The Kier molecular flexibility index (Phi) is 9.01. The summed E-state index contributed by atoms with van der Waals surface area (Å²) in [7, 11) is -2.30. The number of aromatic nitrogens is 2. The Labute approximate surface area is 214 Å². The van der Waals surface area contributed by atoms with Crippen LogP contribution in [0, 0.1) is 0 Å². The van der Waals surface area contributed by atoms with E-state index in [2.05, 4.69) is 4.98 Å². The first-order valence-electron chi connectivity index (χ1n) is 10.4. The van der Waals surface area contributed by atoms with Gasteiger partial charge in [-0.25, -0.2) is 13.4 Å². The van der Waals surface area contributed by atoms with E-state index in [-0.39, 0.29) is 41.5 Å². The molecule has 0 spiro atoms. The van der Waals surface area contributed by atoms with Crippen LogP contribution in [-0.2, 0) is 33.4 Å². The number of halogens is 3. The van der Waals surface area contributed by atoms with Gasteiger partial charge in [-0.15, -0.1) is 0 Å². The molecule has 0 unspecified atom stereocenters. The van der Waals surface area contributed by atoms with Gasteiger partial charge in [0, 0.05) is 30.2 Å². The van der Waals surface area contributed by atoms with Crippen molar-refractivity contribution in [2.75, 3.05) is 20.3 Å². The minimum atomic E-state index is -3.83. The van der Waals surface area contributed by atoms with Gasteiger partial charge in [-0.1, -0.05) is 53.0 Å². The van der Waals surface area contributed by atoms with Crippen LogP contribution >= 0.6 is 34.8 Å². The zero-order valence-electron chi connectivity index (χ0n) is 18.7. The number of rotatable bonds is 10. The molecule has 0 bridgehead atoms. The van der Waals surface area contributed by atoms with Crippen molar-refractivity contribution < 1.29 is 17.9 Å². The van der Waals surface area contributed by atoms with Crippen LogP contribution in [0.15, 0.2) is 53.8 Å². The molecule has 0 aliphatic heterocycles. The highest BCUT2D eigenvalue weighted by Gasteiger charge is 2.26. The molecule has 34 heavy (non-hydrogen) atoms. The SMILES string of the molecule is CCN(Cc1cnc(S(=O)(=O)Cc2ccccc2Cl)n1CCOC)C(=O)c1ccc(Cl)cc1Cl. The Morgan fingerprint density at radius 3 is 2.50 bits per heavy atom. The number of benzene rings is 2. The summed E-state index contributed by atoms with van der Waals surface area (Å²) in [4.78, 5) is 18.9. The summed E-state index contributed by atoms with van der Waals surface area (Å²) in [5.74, 6) is -0.600. The van der Waals surface area contributed by atoms with Crippen LogP contribution in [0.2, 0.25) is 15.1 Å². The van der Waals surface area contributed by atoms with Gasteiger partial charge < -0.3 is 14.2 Å². The van der Waals surface area contributed by atoms with Crippen molar-refractivity contribution in [1.29, 1.82) is 0 Å². The summed E-state index contributed by atoms with van der Waals surface area (Å²) >= 11 is 18.3. The number of amides is 1. The maximum Gasteiger partial charge on any atom is 0.255 e. The van der Waals surface area contributed by atoms with Crippen molar-refractivity contribution in [3.63, 3.8) is 0 Å². The summed E-state index contributed by atoms with van der Waals surface area (Å²) in [6.07, 6.45) is 1.47. The number of ether oxygens (including phenoxy) is 1. The number of carbonyl (C=O) groups is 1. The monoisotopic (exact) mass is 543 g/mol. The average molecular weight is 545 g/mol. The van der Waals surface area contributed by atoms with E-state index in [0.29, 0.717) is 33.4 Å². The molecule has 3 aromatic rings. The van der Waals surface area contributed by atoms with E-state index >= 15 is 0 Å². The zero-order chi connectivity index (χ0) is 24.9. The molecule has 11 heteroatoms. The van der Waals surface area contributed by atoms with Crippen LogP contribution in [0.3, 0.4) is 0 Å². The first-order valence-corrected chi connectivity index (χ1v) is 13.2. The van der Waals surface area contributed by atoms with Crippen molar-refractivity contribution in [1.82, 2.24) is 14.5 Å². The van der Waals surface area contributed by atoms with Gasteiger partial charge in [0.15, 0.2) is 0 Å². The standard InChI is InChI=1S/C23H24Cl3N3O4S/c1-3-28(22(30)19-9-8-17(24)12-21(19)26)14-18-13-27-23(29(18)10-11-33-2)34(31,32)15-16-6-4-5-7-20(16)25/h4-9,12-13H,3,10-11,14-15H2,1-2H3. The molecule has 1 heterocycles. The molecule has 0 atom stereocenters. The third kappa shape index (κ3) is 6.12. The van der Waals surface area contributed by atoms with Crippen molar-refractivity contribution in [3.05, 3.63) is 80.6 Å². The van der Waals surface area contributed by atoms with Crippen LogP contribution in [0.1, 0.15) is 28.5 Å². The van der Waals surface area contributed by atoms with Gasteiger partial charge in [0.25, 0.3) is 5.91 Å². The fraction of sp³-hybridized carbons (Fsp3) is 0.304. The quantitative estimate of drug-likeness (QED) is 0.354. The zero-order valence-corrected chi connectivity index (χ0v) is 21.8. The number of carbonyl (C=O) groups excluding carboxylic acids is 1. The van der Waals surface area contributed by atoms with Crippen molar-refractivity contribution >= 4 is 50.5 Å². The van der Waals surface area contributed by atoms with E-state index in [1.54, 1.807) is 45.9 Å². The van der Waals surface area contributed by atoms with E-state index < -0.39 is 9.84 Å². The molecule has 1 amide bonds. The fourth-order valence-electron chi connectivity index (χ4n) is 3.43. The van der Waals surface area contributed by atoms with Gasteiger partial charge >= 0.3 is 0 Å². The first kappa shape index (κ1) is 26.5. The molecule has 0 aliphatic rings. The third-order valence-corrected chi connectivity index (χ3v) is 7.68. The first-order chi connectivity index (χ1) is 16.2. The molecule has 0 fully saturated rings. The molecule has 0 N–H and O–H groups in total. The summed E-state index contributed by atoms with van der Waals surface area (Å²) in [6, 6.07) is 11.4. The average Bonchev–Trinajstić information content (AvgIpc) is 3.20. The lowest BCUT2D eigenvalue weighted by molar-refractivity contribution is 0.0748. The van der Waals surface area contributed by atoms with Crippen LogP contribution in [-0.4, -0.2) is 49.0 Å². The molecule has 0 saturated carbocycles. The van der Waals surface area contributed by atoms with Gasteiger partial charge in [-0.3, -0.25) is 4.79 Å². The number of hydrogen-bond acceptors (Lipinski definition) is 5. The molecule has 0 saturated heterocycles. The van der Waals surface area contributed by atoms with Crippen LogP contribution < -0.4 is 0 Å². The fourth-order valence-corrected chi connectivity index (χ4v) is 5.75. The Morgan fingerprint density at radius 2 is 1.85 bits per heavy atom. The van der Waals surface area contributed by atoms with Gasteiger partial charge in [-0.05, 0) is 36.8 Å². The summed E-state index contributed by atoms with van der Waals surface area (Å²) in [6.45, 7) is 2.84. The highest BCUT2D eigenvalue weighted by Crippen LogP contribution is 2.25. The van der Waals surface area contributed by atoms with Crippen LogP contribution in [0.4, 0.5) is 0 Å². The second kappa shape index (κ2) is 11.6. The van der Waals surface area contributed by atoms with Gasteiger partial charge in [0.1, 0.15) is 0 Å². The second-order valence-electron chi connectivity index (χ2n) is 7.47. The van der Waals surface area contributed by atoms with Crippen molar-refractivity contribution in [2.45, 2.75) is 30.9 Å². The predicted molar refractivity (Wildman–Crippen MR) is 133 cm³/mol. The highest BCUT2D eigenvalue weighted by molar-refractivity contribution is 7.90. The van der Waals surface area contributed by atoms with Gasteiger partial charge in [-0.2, -0.15) is 0 Å². The minimum Gasteiger partial charge on any atom is -0.383 e. The normalized spacial score (nSPS) is 11.6. The van der Waals surface area contributed by atoms with Crippen LogP contribution in [0.25, 0.3) is 0 Å². The second-order valence-corrected chi connectivity index (χ2v) is 10.6. The molecule has 0 radical (unpaired) electrons. The Hall–Kier alpha value is -2.10. The van der Waals surface area contributed by atoms with Gasteiger partial charge in [0.05, 0.1) is 41.4 Å². The predicted octanol–water partition coefficient (Wildman–Crippen LogP) is 5.13. The number of methoxy groups -OCH3 is 1. The molecule has 2 aromatic carbocycles. The van der Waals surface area contributed by atoms with E-state index in [9.17, 15) is 13.2 Å². The summed E-state index contributed by atoms with van der Waals surface area (Å²) < 4.78 is 33.2. The smallest absolute Gasteiger partial charge is 0.255 e. The lowest BCUT2D eigenvalue weighted by Gasteiger charge is -2.22. The Balaban J connectivity index is 1.93. The molecular weight excluding hydrogens is 521 g/mol. The molecule has 0 aliphatic carbocycles. The third-order valence-electron chi connectivity index (χ3n) is 5.19. The largest absolute Gasteiger partial charge is 0.383 e. The van der Waals surface area contributed by atoms with E-state index in [4.69, 9.17) is 39.5 Å². The topological polar surface area (TPSA) is 81.5 Å². The highest BCUT2D eigenvalue weighted by atomic mass is 35.5. The van der Waals surface area contributed by atoms with Gasteiger partial charge in [0.2, 0.25) is 15.0 Å². The number of imidazole rings is 1. The van der Waals surface area contributed by atoms with E-state index in [1.807, 2.05) is 6.92 Å². The number of sulfone groups is 1. The Bertz CT molecular complexity index is 1280. The number of nitrogens with zero attached hydrogens (tertiary/aromatic N) is 3. The van der Waals surface area contributed by atoms with Crippen molar-refractivity contribution in [3.8, 4) is 0 Å². The molecule has 3 rings (SSSR count). The van der Waals surface area contributed by atoms with E-state index in [1.165, 1.54) is 19.4 Å². The Morgan fingerprint density at radius 1 is 1.12 bits per heavy atom. The lowest BCUT2D eigenvalue weighted by Crippen LogP contribution is -2.32.